The normalized spacial score (nSPS) is 12.5. The van der Waals surface area contributed by atoms with Crippen LogP contribution in [0, 0.1) is 0 Å². The van der Waals surface area contributed by atoms with E-state index in [-0.39, 0.29) is 0 Å². The van der Waals surface area contributed by atoms with Crippen molar-refractivity contribution in [2.45, 2.75) is 12.5 Å². The predicted octanol–water partition coefficient (Wildman–Crippen LogP) is 0.513. The zero-order valence-corrected chi connectivity index (χ0v) is 7.49. The predicted molar refractivity (Wildman–Crippen MR) is 46.0 cm³/mol. The maximum absolute atomic E-state index is 10.2. The van der Waals surface area contributed by atoms with Gasteiger partial charge in [-0.15, -0.1) is 0 Å². The minimum atomic E-state index is -1.30. The van der Waals surface area contributed by atoms with Gasteiger partial charge < -0.3 is 15.0 Å². The van der Waals surface area contributed by atoms with Crippen LogP contribution in [-0.4, -0.2) is 11.1 Å². The van der Waals surface area contributed by atoms with Crippen molar-refractivity contribution < 1.29 is 15.0 Å². The summed E-state index contributed by atoms with van der Waals surface area (Å²) in [5, 5.41) is 19.9. The van der Waals surface area contributed by atoms with Gasteiger partial charge >= 0.3 is 0 Å². The molecule has 70 valence electrons. The Morgan fingerprint density at radius 1 is 1.54 bits per heavy atom. The van der Waals surface area contributed by atoms with E-state index < -0.39 is 18.5 Å². The summed E-state index contributed by atoms with van der Waals surface area (Å²) >= 11 is 5.73. The number of hydrogen-bond donors (Lipinski definition) is 1. The summed E-state index contributed by atoms with van der Waals surface area (Å²) in [6.07, 6.45) is -1.54. The molecule has 1 aromatic rings. The molecule has 13 heavy (non-hydrogen) atoms. The molecule has 0 spiro atoms. The van der Waals surface area contributed by atoms with Gasteiger partial charge in [-0.1, -0.05) is 29.8 Å². The smallest absolute Gasteiger partial charge is 0.0856 e. The Bertz CT molecular complexity index is 311. The van der Waals surface area contributed by atoms with Crippen LogP contribution in [-0.2, 0) is 4.79 Å². The number of carbonyl (C=O) groups excluding carboxylic acids is 1. The first-order valence-corrected chi connectivity index (χ1v) is 4.11. The number of hydrogen-bond acceptors (Lipinski definition) is 3. The van der Waals surface area contributed by atoms with Crippen molar-refractivity contribution >= 4 is 17.6 Å². The molecule has 0 aliphatic carbocycles. The van der Waals surface area contributed by atoms with Gasteiger partial charge in [-0.2, -0.15) is 0 Å². The van der Waals surface area contributed by atoms with Crippen molar-refractivity contribution in [3.63, 3.8) is 0 Å². The number of carbonyl (C=O) groups is 1. The molecule has 4 heteroatoms. The highest BCUT2D eigenvalue weighted by molar-refractivity contribution is 6.31. The first-order valence-electron chi connectivity index (χ1n) is 3.73. The van der Waals surface area contributed by atoms with E-state index in [1.165, 1.54) is 0 Å². The van der Waals surface area contributed by atoms with E-state index in [1.54, 1.807) is 24.3 Å². The van der Waals surface area contributed by atoms with E-state index >= 15 is 0 Å². The maximum atomic E-state index is 10.2. The van der Waals surface area contributed by atoms with E-state index in [0.717, 1.165) is 0 Å². The van der Waals surface area contributed by atoms with Crippen molar-refractivity contribution in [2.75, 3.05) is 0 Å². The van der Waals surface area contributed by atoms with Crippen molar-refractivity contribution in [1.82, 2.24) is 0 Å². The van der Waals surface area contributed by atoms with Crippen LogP contribution in [0.25, 0.3) is 0 Å². The summed E-state index contributed by atoms with van der Waals surface area (Å²) < 4.78 is 0. The molecular formula is C9H8ClO3-. The van der Waals surface area contributed by atoms with Crippen molar-refractivity contribution in [3.05, 3.63) is 34.9 Å². The standard InChI is InChI=1S/C9H9ClO3/c10-7-4-2-1-3-6(7)8(11)5-9(12)13/h1-4,8,11H,5H2,(H,12,13)/p-1. The Morgan fingerprint density at radius 2 is 2.15 bits per heavy atom. The molecular weight excluding hydrogens is 192 g/mol. The third kappa shape index (κ3) is 2.72. The second kappa shape index (κ2) is 4.25. The number of carboxylic acid groups (broad SMARTS) is 1. The average molecular weight is 200 g/mol. The first-order chi connectivity index (χ1) is 6.11. The number of rotatable bonds is 3. The quantitative estimate of drug-likeness (QED) is 0.772. The van der Waals surface area contributed by atoms with Gasteiger partial charge in [0.15, 0.2) is 0 Å². The van der Waals surface area contributed by atoms with Crippen LogP contribution in [0.1, 0.15) is 18.1 Å². The van der Waals surface area contributed by atoms with Gasteiger partial charge in [0.05, 0.1) is 6.10 Å². The summed E-state index contributed by atoms with van der Waals surface area (Å²) in [5.41, 5.74) is 0.411. The molecule has 0 saturated carbocycles. The van der Waals surface area contributed by atoms with Crippen molar-refractivity contribution in [2.24, 2.45) is 0 Å². The van der Waals surface area contributed by atoms with E-state index in [0.29, 0.717) is 10.6 Å². The van der Waals surface area contributed by atoms with Crippen molar-refractivity contribution in [1.29, 1.82) is 0 Å². The highest BCUT2D eigenvalue weighted by atomic mass is 35.5. The zero-order valence-electron chi connectivity index (χ0n) is 6.74. The van der Waals surface area contributed by atoms with Crippen LogP contribution in [0.5, 0.6) is 0 Å². The largest absolute Gasteiger partial charge is 0.550 e. The first kappa shape index (κ1) is 10.0. The molecule has 0 saturated heterocycles. The van der Waals surface area contributed by atoms with E-state index in [9.17, 15) is 15.0 Å². The third-order valence-electron chi connectivity index (χ3n) is 1.62. The minimum absolute atomic E-state index is 0.358. The van der Waals surface area contributed by atoms with Crippen LogP contribution < -0.4 is 5.11 Å². The van der Waals surface area contributed by atoms with Gasteiger partial charge in [0.25, 0.3) is 0 Å². The monoisotopic (exact) mass is 199 g/mol. The summed E-state index contributed by atoms with van der Waals surface area (Å²) in [6, 6.07) is 6.56. The SMILES string of the molecule is O=C([O-])CC(O)c1ccccc1Cl. The van der Waals surface area contributed by atoms with E-state index in [4.69, 9.17) is 11.6 Å². The number of aliphatic carboxylic acids is 1. The second-order valence-electron chi connectivity index (χ2n) is 2.61. The van der Waals surface area contributed by atoms with Gasteiger partial charge in [-0.05, 0) is 11.6 Å². The molecule has 0 bridgehead atoms. The molecule has 0 aliphatic heterocycles. The Morgan fingerprint density at radius 3 is 2.69 bits per heavy atom. The van der Waals surface area contributed by atoms with Crippen LogP contribution in [0.4, 0.5) is 0 Å². The van der Waals surface area contributed by atoms with Gasteiger partial charge in [0, 0.05) is 17.4 Å². The van der Waals surface area contributed by atoms with Gasteiger partial charge in [-0.3, -0.25) is 0 Å². The van der Waals surface area contributed by atoms with E-state index in [2.05, 4.69) is 0 Å². The lowest BCUT2D eigenvalue weighted by Gasteiger charge is -2.12. The van der Waals surface area contributed by atoms with Crippen LogP contribution in [0.3, 0.4) is 0 Å². The fourth-order valence-corrected chi connectivity index (χ4v) is 1.27. The van der Waals surface area contributed by atoms with E-state index in [1.807, 2.05) is 0 Å². The fraction of sp³-hybridized carbons (Fsp3) is 0.222. The van der Waals surface area contributed by atoms with Crippen LogP contribution in [0.15, 0.2) is 24.3 Å². The summed E-state index contributed by atoms with van der Waals surface area (Å²) in [4.78, 5) is 10.2. The number of aliphatic hydroxyl groups is 1. The Labute approximate surface area is 80.6 Å². The maximum Gasteiger partial charge on any atom is 0.0856 e. The highest BCUT2D eigenvalue weighted by Gasteiger charge is 2.10. The number of aliphatic hydroxyl groups excluding tert-OH is 1. The summed E-state index contributed by atoms with van der Waals surface area (Å²) in [7, 11) is 0. The summed E-state index contributed by atoms with van der Waals surface area (Å²) in [6.45, 7) is 0. The Kier molecular flexibility index (Phi) is 3.28. The molecule has 3 nitrogen and oxygen atoms in total. The van der Waals surface area contributed by atoms with Gasteiger partial charge in [-0.25, -0.2) is 0 Å². The molecule has 1 atom stereocenters. The second-order valence-corrected chi connectivity index (χ2v) is 3.02. The number of benzene rings is 1. The topological polar surface area (TPSA) is 60.4 Å². The molecule has 0 heterocycles. The summed E-state index contributed by atoms with van der Waals surface area (Å²) in [5.74, 6) is -1.30. The zero-order chi connectivity index (χ0) is 9.84. The number of carboxylic acids is 1. The van der Waals surface area contributed by atoms with Crippen LogP contribution in [0.2, 0.25) is 5.02 Å². The third-order valence-corrected chi connectivity index (χ3v) is 1.97. The molecule has 1 aromatic carbocycles. The lowest BCUT2D eigenvalue weighted by atomic mass is 10.1. The molecule has 1 unspecified atom stereocenters. The molecule has 0 fully saturated rings. The molecule has 0 aliphatic rings. The Balaban J connectivity index is 2.82. The van der Waals surface area contributed by atoms with Crippen LogP contribution >= 0.6 is 11.6 Å². The van der Waals surface area contributed by atoms with Gasteiger partial charge in [0.1, 0.15) is 0 Å². The molecule has 1 rings (SSSR count). The molecule has 0 aromatic heterocycles. The average Bonchev–Trinajstić information content (AvgIpc) is 2.03. The lowest BCUT2D eigenvalue weighted by Crippen LogP contribution is -2.24. The van der Waals surface area contributed by atoms with Gasteiger partial charge in [0.2, 0.25) is 0 Å². The minimum Gasteiger partial charge on any atom is -0.550 e. The van der Waals surface area contributed by atoms with Crippen molar-refractivity contribution in [3.8, 4) is 0 Å². The highest BCUT2D eigenvalue weighted by Crippen LogP contribution is 2.24. The number of halogens is 1. The Hall–Kier alpha value is -1.06. The fourth-order valence-electron chi connectivity index (χ4n) is 1.01. The lowest BCUT2D eigenvalue weighted by molar-refractivity contribution is -0.307. The molecule has 0 radical (unpaired) electrons. The molecule has 1 N–H and O–H groups in total. The molecule has 0 amide bonds.